The molecule has 15 heteroatoms. The minimum Gasteiger partial charge on any atom is -0.420 e. The normalized spacial score (nSPS) is 49.3. The van der Waals surface area contributed by atoms with Gasteiger partial charge < -0.3 is 64.5 Å². The number of carbonyl (C=O) groups is 2. The molecule has 15 nitrogen and oxygen atoms in total. The summed E-state index contributed by atoms with van der Waals surface area (Å²) >= 11 is 0. The lowest BCUT2D eigenvalue weighted by Gasteiger charge is -2.53. The monoisotopic (exact) mass is 454 g/mol. The van der Waals surface area contributed by atoms with Crippen molar-refractivity contribution in [3.05, 3.63) is 12.2 Å². The van der Waals surface area contributed by atoms with Crippen LogP contribution < -0.4 is 0 Å². The average molecular weight is 454 g/mol. The van der Waals surface area contributed by atoms with Gasteiger partial charge in [-0.1, -0.05) is 0 Å². The van der Waals surface area contributed by atoms with Crippen molar-refractivity contribution >= 4 is 11.9 Å². The maximum absolute atomic E-state index is 11.9. The molecule has 0 spiro atoms. The van der Waals surface area contributed by atoms with Gasteiger partial charge in [-0.2, -0.15) is 0 Å². The zero-order chi connectivity index (χ0) is 23.1. The Morgan fingerprint density at radius 1 is 0.935 bits per heavy atom. The van der Waals surface area contributed by atoms with Gasteiger partial charge in [0.05, 0.1) is 6.61 Å². The van der Waals surface area contributed by atoms with Gasteiger partial charge in [-0.3, -0.25) is 0 Å². The van der Waals surface area contributed by atoms with Crippen LogP contribution in [0, 0.1) is 0 Å². The third-order valence-corrected chi connectivity index (χ3v) is 5.07. The molecule has 0 aromatic heterocycles. The fourth-order valence-electron chi connectivity index (χ4n) is 3.38. The molecule has 2 saturated heterocycles. The van der Waals surface area contributed by atoms with E-state index < -0.39 is 85.9 Å². The van der Waals surface area contributed by atoms with Crippen LogP contribution in [-0.4, -0.2) is 127 Å². The Balaban J connectivity index is 1.94. The second-order valence-corrected chi connectivity index (χ2v) is 7.03. The van der Waals surface area contributed by atoms with Gasteiger partial charge in [-0.25, -0.2) is 9.59 Å². The second kappa shape index (κ2) is 8.64. The van der Waals surface area contributed by atoms with Crippen LogP contribution in [0.5, 0.6) is 0 Å². The maximum Gasteiger partial charge on any atom is 0.333 e. The van der Waals surface area contributed by atoms with E-state index in [2.05, 4.69) is 4.74 Å². The SMILES string of the molecule is O=C1/C=C/C(=O)O[C@]2(O)[C@@H](O)[C@@H](O)[C@@H](O[C@H]3[C@H](O)[C@@H](O)[C@H](O)O[C@@H]3CO)O[C@]2(CO)O1. The highest BCUT2D eigenvalue weighted by molar-refractivity contribution is 5.92. The van der Waals surface area contributed by atoms with Crippen LogP contribution in [0.1, 0.15) is 0 Å². The van der Waals surface area contributed by atoms with Crippen LogP contribution in [-0.2, 0) is 33.3 Å². The highest BCUT2D eigenvalue weighted by Crippen LogP contribution is 2.42. The first-order valence-corrected chi connectivity index (χ1v) is 8.97. The summed E-state index contributed by atoms with van der Waals surface area (Å²) in [5.74, 6) is -8.95. The van der Waals surface area contributed by atoms with E-state index in [1.54, 1.807) is 0 Å². The standard InChI is InChI=1S/C16H22O15/c17-3-5-11(8(21)9(22)13(25)27-5)28-14-10(23)12(24)16(26)15(4-18,31-14)29-6(19)1-2-7(20)30-16/h1-2,5,8-14,17-18,21-26H,3-4H2/b2-1+/t5-,8-,9-,10-,11-,12+,13-,14+,15+,16-/m1/s1. The van der Waals surface area contributed by atoms with Gasteiger partial charge in [0.15, 0.2) is 18.7 Å². The molecule has 0 amide bonds. The Bertz CT molecular complexity index is 726. The van der Waals surface area contributed by atoms with Gasteiger partial charge in [-0.15, -0.1) is 0 Å². The second-order valence-electron chi connectivity index (χ2n) is 7.03. The van der Waals surface area contributed by atoms with E-state index in [1.807, 2.05) is 0 Å². The molecule has 0 unspecified atom stereocenters. The molecule has 0 bridgehead atoms. The topological polar surface area (TPSA) is 242 Å². The molecule has 176 valence electrons. The van der Waals surface area contributed by atoms with Crippen molar-refractivity contribution in [1.29, 1.82) is 0 Å². The predicted molar refractivity (Wildman–Crippen MR) is 87.8 cm³/mol. The molecular weight excluding hydrogens is 432 g/mol. The van der Waals surface area contributed by atoms with Gasteiger partial charge in [0.2, 0.25) is 0 Å². The molecule has 0 aromatic rings. The molecule has 0 saturated carbocycles. The van der Waals surface area contributed by atoms with Crippen molar-refractivity contribution in [2.45, 2.75) is 60.8 Å². The Kier molecular flexibility index (Phi) is 6.66. The predicted octanol–water partition coefficient (Wildman–Crippen LogP) is -6.09. The number of aliphatic hydroxyl groups excluding tert-OH is 7. The molecule has 3 rings (SSSR count). The van der Waals surface area contributed by atoms with E-state index in [1.165, 1.54) is 0 Å². The van der Waals surface area contributed by atoms with Gasteiger partial charge in [-0.05, 0) is 0 Å². The number of carbonyl (C=O) groups excluding carboxylic acids is 2. The Hall–Kier alpha value is -1.76. The molecule has 31 heavy (non-hydrogen) atoms. The average Bonchev–Trinajstić information content (AvgIpc) is 2.73. The molecular formula is C16H22O15. The Labute approximate surface area is 173 Å². The van der Waals surface area contributed by atoms with E-state index in [0.717, 1.165) is 0 Å². The summed E-state index contributed by atoms with van der Waals surface area (Å²) in [6.45, 7) is -2.25. The smallest absolute Gasteiger partial charge is 0.333 e. The summed E-state index contributed by atoms with van der Waals surface area (Å²) < 4.78 is 24.9. The number of ether oxygens (including phenoxy) is 5. The van der Waals surface area contributed by atoms with Crippen molar-refractivity contribution in [1.82, 2.24) is 0 Å². The van der Waals surface area contributed by atoms with Gasteiger partial charge in [0.1, 0.15) is 37.1 Å². The first-order valence-electron chi connectivity index (χ1n) is 8.97. The molecule has 0 aromatic carbocycles. The first kappa shape index (κ1) is 23.9. The van der Waals surface area contributed by atoms with Crippen molar-refractivity contribution in [2.24, 2.45) is 0 Å². The maximum atomic E-state index is 11.9. The minimum atomic E-state index is -3.30. The number of esters is 2. The third kappa shape index (κ3) is 3.94. The van der Waals surface area contributed by atoms with Crippen LogP contribution >= 0.6 is 0 Å². The summed E-state index contributed by atoms with van der Waals surface area (Å²) in [6.07, 6.45) is -14.6. The van der Waals surface area contributed by atoms with E-state index in [0.29, 0.717) is 12.2 Å². The molecule has 3 heterocycles. The van der Waals surface area contributed by atoms with E-state index >= 15 is 0 Å². The largest absolute Gasteiger partial charge is 0.420 e. The van der Waals surface area contributed by atoms with E-state index in [4.69, 9.17) is 18.9 Å². The summed E-state index contributed by atoms with van der Waals surface area (Å²) in [4.78, 5) is 23.7. The molecule has 2 fully saturated rings. The lowest BCUT2D eigenvalue weighted by Crippen LogP contribution is -2.77. The van der Waals surface area contributed by atoms with Gasteiger partial charge in [0, 0.05) is 12.2 Å². The van der Waals surface area contributed by atoms with Gasteiger partial charge >= 0.3 is 23.5 Å². The Morgan fingerprint density at radius 2 is 1.55 bits per heavy atom. The van der Waals surface area contributed by atoms with Crippen molar-refractivity contribution < 1.29 is 74.1 Å². The van der Waals surface area contributed by atoms with Crippen molar-refractivity contribution in [3.63, 3.8) is 0 Å². The molecule has 0 radical (unpaired) electrons. The quantitative estimate of drug-likeness (QED) is 0.184. The van der Waals surface area contributed by atoms with Crippen LogP contribution in [0.3, 0.4) is 0 Å². The van der Waals surface area contributed by atoms with Crippen LogP contribution in [0.15, 0.2) is 12.2 Å². The fraction of sp³-hybridized carbons (Fsp3) is 0.750. The van der Waals surface area contributed by atoms with E-state index in [9.17, 15) is 50.4 Å². The van der Waals surface area contributed by atoms with E-state index in [-0.39, 0.29) is 0 Å². The lowest BCUT2D eigenvalue weighted by molar-refractivity contribution is -0.480. The van der Waals surface area contributed by atoms with Crippen molar-refractivity contribution in [2.75, 3.05) is 13.2 Å². The molecule has 0 aliphatic carbocycles. The first-order chi connectivity index (χ1) is 14.5. The molecule has 10 atom stereocenters. The highest BCUT2D eigenvalue weighted by atomic mass is 16.8. The summed E-state index contributed by atoms with van der Waals surface area (Å²) in [5, 5.41) is 80.3. The summed E-state index contributed by atoms with van der Waals surface area (Å²) in [7, 11) is 0. The van der Waals surface area contributed by atoms with Gasteiger partial charge in [0.25, 0.3) is 0 Å². The summed E-state index contributed by atoms with van der Waals surface area (Å²) in [6, 6.07) is 0. The molecule has 8 N–H and O–H groups in total. The van der Waals surface area contributed by atoms with Crippen LogP contribution in [0.4, 0.5) is 0 Å². The number of fused-ring (bicyclic) bond motifs is 1. The highest BCUT2D eigenvalue weighted by Gasteiger charge is 2.70. The number of aliphatic hydroxyl groups is 8. The van der Waals surface area contributed by atoms with Crippen molar-refractivity contribution in [3.8, 4) is 0 Å². The zero-order valence-electron chi connectivity index (χ0n) is 15.6. The Morgan fingerprint density at radius 3 is 2.13 bits per heavy atom. The molecule has 3 aliphatic heterocycles. The minimum absolute atomic E-state index is 0.553. The summed E-state index contributed by atoms with van der Waals surface area (Å²) in [5.41, 5.74) is 0. The lowest BCUT2D eigenvalue weighted by atomic mass is 9.91. The fourth-order valence-corrected chi connectivity index (χ4v) is 3.38. The van der Waals surface area contributed by atoms with Crippen LogP contribution in [0.25, 0.3) is 0 Å². The number of rotatable bonds is 4. The molecule has 3 aliphatic rings. The zero-order valence-corrected chi connectivity index (χ0v) is 15.6. The third-order valence-electron chi connectivity index (χ3n) is 5.07. The van der Waals surface area contributed by atoms with Crippen LogP contribution in [0.2, 0.25) is 0 Å². The number of hydrogen-bond donors (Lipinski definition) is 8. The number of hydrogen-bond acceptors (Lipinski definition) is 15.